The van der Waals surface area contributed by atoms with Crippen LogP contribution in [0.4, 0.5) is 0 Å². The van der Waals surface area contributed by atoms with Crippen molar-refractivity contribution >= 4 is 5.78 Å². The summed E-state index contributed by atoms with van der Waals surface area (Å²) < 4.78 is 11.4. The molecule has 0 amide bonds. The summed E-state index contributed by atoms with van der Waals surface area (Å²) in [5.41, 5.74) is 2.01. The van der Waals surface area contributed by atoms with Crippen molar-refractivity contribution in [1.29, 1.82) is 0 Å². The number of benzene rings is 3. The second-order valence-electron chi connectivity index (χ2n) is 18.3. The van der Waals surface area contributed by atoms with Crippen LogP contribution in [0.1, 0.15) is 81.1 Å². The Balaban J connectivity index is 1.13. The predicted molar refractivity (Wildman–Crippen MR) is 220 cm³/mol. The molecule has 3 fully saturated rings. The van der Waals surface area contributed by atoms with Crippen molar-refractivity contribution in [3.63, 3.8) is 0 Å². The summed E-state index contributed by atoms with van der Waals surface area (Å²) in [7, 11) is 1.71. The number of carbonyl (C=O) groups excluding carboxylic acids is 1. The van der Waals surface area contributed by atoms with Crippen molar-refractivity contribution in [2.24, 2.45) is 33.5 Å². The zero-order valence-electron chi connectivity index (χ0n) is 33.5. The minimum absolute atomic E-state index is 0.0380. The third kappa shape index (κ3) is 6.47. The number of carbonyl (C=O) groups is 1. The minimum Gasteiger partial charge on any atom is -0.393 e. The Kier molecular flexibility index (Phi) is 10.8. The van der Waals surface area contributed by atoms with E-state index in [2.05, 4.69) is 55.2 Å². The number of ketones is 1. The Hall–Kier alpha value is -3.43. The fourth-order valence-electron chi connectivity index (χ4n) is 12.6. The number of aliphatic hydroxyl groups is 3. The van der Waals surface area contributed by atoms with Gasteiger partial charge in [0.1, 0.15) is 0 Å². The van der Waals surface area contributed by atoms with Gasteiger partial charge in [-0.15, -0.1) is 0 Å². The fraction of sp³-hybridized carbons (Fsp3) is 0.531. The number of hydrogen-bond acceptors (Lipinski definition) is 7. The zero-order chi connectivity index (χ0) is 39.2. The predicted octanol–water partition coefficient (Wildman–Crippen LogP) is 8.04. The van der Waals surface area contributed by atoms with Crippen molar-refractivity contribution in [3.8, 4) is 11.1 Å². The molecule has 56 heavy (non-hydrogen) atoms. The molecule has 9 unspecified atom stereocenters. The molecule has 3 aromatic carbocycles. The van der Waals surface area contributed by atoms with Crippen molar-refractivity contribution in [2.45, 2.75) is 89.6 Å². The Morgan fingerprint density at radius 1 is 0.875 bits per heavy atom. The van der Waals surface area contributed by atoms with Crippen LogP contribution in [0.3, 0.4) is 0 Å². The van der Waals surface area contributed by atoms with E-state index < -0.39 is 34.1 Å². The maximum absolute atomic E-state index is 15.5. The maximum atomic E-state index is 15.5. The van der Waals surface area contributed by atoms with E-state index in [0.29, 0.717) is 51.3 Å². The van der Waals surface area contributed by atoms with Gasteiger partial charge in [0.15, 0.2) is 5.78 Å². The molecule has 2 bridgehead atoms. The number of nitrogens with zero attached hydrogens (tertiary/aromatic N) is 1. The molecule has 3 N–H and O–H groups in total. The summed E-state index contributed by atoms with van der Waals surface area (Å²) >= 11 is 0. The summed E-state index contributed by atoms with van der Waals surface area (Å²) in [4.78, 5) is 17.7. The van der Waals surface area contributed by atoms with Gasteiger partial charge in [-0.1, -0.05) is 117 Å². The third-order valence-corrected chi connectivity index (χ3v) is 15.4. The first-order valence-corrected chi connectivity index (χ1v) is 21.0. The number of methoxy groups -OCH3 is 1. The lowest BCUT2D eigenvalue weighted by atomic mass is 9.32. The highest BCUT2D eigenvalue weighted by Gasteiger charge is 2.74. The van der Waals surface area contributed by atoms with Crippen LogP contribution in [0.25, 0.3) is 11.1 Å². The first-order valence-electron chi connectivity index (χ1n) is 21.0. The Labute approximate surface area is 333 Å². The summed E-state index contributed by atoms with van der Waals surface area (Å²) in [6, 6.07) is 28.2. The lowest BCUT2D eigenvalue weighted by Crippen LogP contribution is -2.67. The third-order valence-electron chi connectivity index (χ3n) is 15.4. The van der Waals surface area contributed by atoms with Crippen LogP contribution in [0.2, 0.25) is 0 Å². The van der Waals surface area contributed by atoms with Crippen LogP contribution in [0.15, 0.2) is 109 Å². The van der Waals surface area contributed by atoms with Gasteiger partial charge in [-0.3, -0.25) is 9.69 Å². The second-order valence-corrected chi connectivity index (χ2v) is 18.3. The lowest BCUT2D eigenvalue weighted by molar-refractivity contribution is -0.177. The highest BCUT2D eigenvalue weighted by molar-refractivity contribution is 6.14. The van der Waals surface area contributed by atoms with Crippen LogP contribution in [0.5, 0.6) is 0 Å². The molecule has 9 atom stereocenters. The number of allylic oxidation sites excluding steroid dienone is 4. The number of rotatable bonds is 15. The van der Waals surface area contributed by atoms with Crippen molar-refractivity contribution in [1.82, 2.24) is 4.90 Å². The SMILES string of the molecule is COCCCN(CC(O)COCc1ccccc1)CC1(O)CCC2C34C=CC5(C=C3C(=O)c3ccccc3-c3ccccc3)CC(O)CCC5(C)C4CCC21C. The van der Waals surface area contributed by atoms with E-state index in [1.54, 1.807) is 7.11 Å². The largest absolute Gasteiger partial charge is 0.393 e. The molecule has 0 heterocycles. The van der Waals surface area contributed by atoms with Gasteiger partial charge in [-0.2, -0.15) is 0 Å². The quantitative estimate of drug-likeness (QED) is 0.0820. The zero-order valence-corrected chi connectivity index (χ0v) is 33.5. The van der Waals surface area contributed by atoms with Crippen LogP contribution >= 0.6 is 0 Å². The Bertz CT molecular complexity index is 1930. The van der Waals surface area contributed by atoms with Gasteiger partial charge in [-0.25, -0.2) is 0 Å². The van der Waals surface area contributed by atoms with E-state index in [0.717, 1.165) is 60.8 Å². The smallest absolute Gasteiger partial charge is 0.190 e. The molecule has 298 valence electrons. The van der Waals surface area contributed by atoms with Gasteiger partial charge in [0.25, 0.3) is 0 Å². The van der Waals surface area contributed by atoms with Crippen LogP contribution in [0, 0.1) is 33.5 Å². The van der Waals surface area contributed by atoms with E-state index >= 15 is 4.79 Å². The summed E-state index contributed by atoms with van der Waals surface area (Å²) in [6.07, 6.45) is 12.2. The van der Waals surface area contributed by atoms with E-state index in [9.17, 15) is 15.3 Å². The number of aliphatic hydroxyl groups excluding tert-OH is 2. The van der Waals surface area contributed by atoms with E-state index in [-0.39, 0.29) is 29.6 Å². The minimum atomic E-state index is -1.03. The molecule has 7 nitrogen and oxygen atoms in total. The Morgan fingerprint density at radius 3 is 2.32 bits per heavy atom. The standard InChI is InChI=1S/C49H61NO6/c1-45-22-19-37(51)29-47(45)25-26-49(41(30-47)44(53)40-18-11-10-17-39(40)36-15-8-5-9-16-36)42(45)20-23-46(2)43(49)21-24-48(46,54)34-50(27-12-28-55-3)31-38(52)33-56-32-35-13-6-4-7-14-35/h4-11,13-18,25-26,30,37-38,42-43,51-52,54H,12,19-24,27-29,31-34H2,1-3H3. The van der Waals surface area contributed by atoms with Gasteiger partial charge in [0.05, 0.1) is 31.0 Å². The molecule has 0 aliphatic heterocycles. The summed E-state index contributed by atoms with van der Waals surface area (Å²) in [5.74, 6) is 0.318. The molecule has 0 aromatic heterocycles. The summed E-state index contributed by atoms with van der Waals surface area (Å²) in [5, 5.41) is 35.6. The average molecular weight is 760 g/mol. The molecular formula is C49H61NO6. The second kappa shape index (κ2) is 15.4. The van der Waals surface area contributed by atoms with Crippen molar-refractivity contribution in [3.05, 3.63) is 120 Å². The van der Waals surface area contributed by atoms with Crippen LogP contribution < -0.4 is 0 Å². The highest BCUT2D eigenvalue weighted by Crippen LogP contribution is 2.78. The molecule has 6 aliphatic rings. The highest BCUT2D eigenvalue weighted by atomic mass is 16.5. The lowest BCUT2D eigenvalue weighted by Gasteiger charge is -2.71. The van der Waals surface area contributed by atoms with Crippen molar-refractivity contribution in [2.75, 3.05) is 40.0 Å². The molecule has 3 aromatic rings. The molecule has 9 rings (SSSR count). The van der Waals surface area contributed by atoms with Gasteiger partial charge in [0, 0.05) is 60.7 Å². The van der Waals surface area contributed by atoms with E-state index in [1.165, 1.54) is 0 Å². The van der Waals surface area contributed by atoms with Gasteiger partial charge < -0.3 is 24.8 Å². The van der Waals surface area contributed by atoms with Crippen molar-refractivity contribution < 1.29 is 29.6 Å². The molecule has 3 saturated carbocycles. The average Bonchev–Trinajstić information content (AvgIpc) is 3.47. The van der Waals surface area contributed by atoms with Crippen LogP contribution in [-0.4, -0.2) is 83.8 Å². The van der Waals surface area contributed by atoms with E-state index in [1.807, 2.05) is 66.7 Å². The monoisotopic (exact) mass is 759 g/mol. The van der Waals surface area contributed by atoms with Gasteiger partial charge in [0.2, 0.25) is 0 Å². The van der Waals surface area contributed by atoms with Crippen LogP contribution in [-0.2, 0) is 16.1 Å². The Morgan fingerprint density at radius 2 is 1.55 bits per heavy atom. The topological polar surface area (TPSA) is 99.5 Å². The molecule has 0 radical (unpaired) electrons. The number of Topliss-reactive ketones (excluding diaryl/α,β-unsaturated/α-hetero) is 1. The number of hydrogen-bond donors (Lipinski definition) is 3. The van der Waals surface area contributed by atoms with E-state index in [4.69, 9.17) is 9.47 Å². The van der Waals surface area contributed by atoms with Gasteiger partial charge in [-0.05, 0) is 85.3 Å². The first-order chi connectivity index (χ1) is 27.0. The van der Waals surface area contributed by atoms with Gasteiger partial charge >= 0.3 is 0 Å². The summed E-state index contributed by atoms with van der Waals surface area (Å²) in [6.45, 7) is 7.47. The number of ether oxygens (including phenoxy) is 2. The fourth-order valence-corrected chi connectivity index (χ4v) is 12.6. The molecule has 6 aliphatic carbocycles. The number of fused-ring (bicyclic) bond motifs is 1. The first kappa shape index (κ1) is 39.4. The maximum Gasteiger partial charge on any atom is 0.190 e. The molecule has 7 heteroatoms. The molecule has 0 saturated heterocycles. The molecule has 2 spiro atoms. The molecular weight excluding hydrogens is 699 g/mol. The normalized spacial score (nSPS) is 34.8.